The first-order valence-electron chi connectivity index (χ1n) is 4.45. The Hall–Kier alpha value is -0.930. The molecule has 0 fully saturated rings. The van der Waals surface area contributed by atoms with Gasteiger partial charge in [-0.25, -0.2) is 0 Å². The van der Waals surface area contributed by atoms with Crippen LogP contribution < -0.4 is 10.6 Å². The van der Waals surface area contributed by atoms with Crippen molar-refractivity contribution in [1.29, 1.82) is 0 Å². The molecule has 0 heterocycles. The summed E-state index contributed by atoms with van der Waals surface area (Å²) in [6.45, 7) is 2.27. The summed E-state index contributed by atoms with van der Waals surface area (Å²) in [6, 6.07) is 5.30. The number of anilines is 2. The Balaban J connectivity index is 2.88. The third-order valence-electron chi connectivity index (χ3n) is 1.94. The van der Waals surface area contributed by atoms with Crippen LogP contribution in [0.3, 0.4) is 0 Å². The summed E-state index contributed by atoms with van der Waals surface area (Å²) in [5.74, 6) is 0. The average Bonchev–Trinajstić information content (AvgIpc) is 2.08. The zero-order chi connectivity index (χ0) is 10.7. The van der Waals surface area contributed by atoms with E-state index in [9.17, 15) is 5.11 Å². The molecule has 1 unspecified atom stereocenters. The largest absolute Gasteiger partial charge is 0.397 e. The molecule has 1 atom stereocenters. The Kier molecular flexibility index (Phi) is 3.61. The maximum absolute atomic E-state index is 9.23. The highest BCUT2D eigenvalue weighted by molar-refractivity contribution is 6.31. The van der Waals surface area contributed by atoms with E-state index in [0.717, 1.165) is 5.69 Å². The van der Waals surface area contributed by atoms with E-state index in [0.29, 0.717) is 17.3 Å². The maximum atomic E-state index is 9.23. The fourth-order valence-electron chi connectivity index (χ4n) is 1.34. The number of nitrogens with zero attached hydrogens (tertiary/aromatic N) is 1. The molecular formula is C10H15ClN2O. The molecule has 14 heavy (non-hydrogen) atoms. The van der Waals surface area contributed by atoms with Crippen LogP contribution in [0.1, 0.15) is 6.92 Å². The molecule has 1 aromatic carbocycles. The number of hydrogen-bond acceptors (Lipinski definition) is 3. The van der Waals surface area contributed by atoms with Crippen LogP contribution in [0.2, 0.25) is 5.02 Å². The number of hydrogen-bond donors (Lipinski definition) is 2. The highest BCUT2D eigenvalue weighted by Gasteiger charge is 2.07. The number of aliphatic hydroxyl groups excluding tert-OH is 1. The molecule has 78 valence electrons. The van der Waals surface area contributed by atoms with Crippen LogP contribution in [-0.2, 0) is 0 Å². The van der Waals surface area contributed by atoms with Crippen LogP contribution in [0.4, 0.5) is 11.4 Å². The van der Waals surface area contributed by atoms with Gasteiger partial charge in [0.2, 0.25) is 0 Å². The third-order valence-corrected chi connectivity index (χ3v) is 2.18. The lowest BCUT2D eigenvalue weighted by molar-refractivity contribution is 0.201. The lowest BCUT2D eigenvalue weighted by atomic mass is 10.2. The zero-order valence-electron chi connectivity index (χ0n) is 8.37. The lowest BCUT2D eigenvalue weighted by Gasteiger charge is -2.22. The lowest BCUT2D eigenvalue weighted by Crippen LogP contribution is -2.27. The molecule has 4 heteroatoms. The van der Waals surface area contributed by atoms with Gasteiger partial charge in [0.05, 0.1) is 17.5 Å². The molecule has 0 amide bonds. The number of nitrogen functional groups attached to an aromatic ring is 1. The predicted molar refractivity (Wildman–Crippen MR) is 60.8 cm³/mol. The van der Waals surface area contributed by atoms with Crippen molar-refractivity contribution >= 4 is 23.0 Å². The Bertz CT molecular complexity index is 315. The van der Waals surface area contributed by atoms with Crippen LogP contribution in [0.25, 0.3) is 0 Å². The molecule has 0 spiro atoms. The van der Waals surface area contributed by atoms with Crippen molar-refractivity contribution in [2.45, 2.75) is 13.0 Å². The van der Waals surface area contributed by atoms with Gasteiger partial charge in [0.15, 0.2) is 0 Å². The van der Waals surface area contributed by atoms with Crippen molar-refractivity contribution < 1.29 is 5.11 Å². The van der Waals surface area contributed by atoms with Crippen LogP contribution in [0.5, 0.6) is 0 Å². The van der Waals surface area contributed by atoms with Gasteiger partial charge in [-0.15, -0.1) is 0 Å². The standard InChI is InChI=1S/C10H15ClN2O/c1-7(14)6-13(2)10-5-8(11)3-4-9(10)12/h3-5,7,14H,6,12H2,1-2H3. The third kappa shape index (κ3) is 2.79. The molecule has 0 radical (unpaired) electrons. The number of halogens is 1. The zero-order valence-corrected chi connectivity index (χ0v) is 9.12. The first-order valence-corrected chi connectivity index (χ1v) is 4.82. The molecule has 3 nitrogen and oxygen atoms in total. The van der Waals surface area contributed by atoms with Crippen molar-refractivity contribution in [1.82, 2.24) is 0 Å². The van der Waals surface area contributed by atoms with Gasteiger partial charge < -0.3 is 15.7 Å². The molecule has 0 saturated carbocycles. The molecule has 0 aliphatic heterocycles. The van der Waals surface area contributed by atoms with Gasteiger partial charge in [-0.05, 0) is 25.1 Å². The average molecular weight is 215 g/mol. The van der Waals surface area contributed by atoms with Gasteiger partial charge in [0.1, 0.15) is 0 Å². The summed E-state index contributed by atoms with van der Waals surface area (Å²) in [5, 5.41) is 9.87. The molecule has 1 aromatic rings. The minimum absolute atomic E-state index is 0.390. The molecule has 0 aliphatic rings. The Morgan fingerprint density at radius 1 is 1.57 bits per heavy atom. The number of nitrogens with two attached hydrogens (primary N) is 1. The van der Waals surface area contributed by atoms with Gasteiger partial charge in [0.25, 0.3) is 0 Å². The SMILES string of the molecule is CC(O)CN(C)c1cc(Cl)ccc1N. The second-order valence-electron chi connectivity index (χ2n) is 3.43. The van der Waals surface area contributed by atoms with E-state index in [1.807, 2.05) is 11.9 Å². The summed E-state index contributed by atoms with van der Waals surface area (Å²) in [5.41, 5.74) is 7.29. The second-order valence-corrected chi connectivity index (χ2v) is 3.87. The van der Waals surface area contributed by atoms with E-state index >= 15 is 0 Å². The molecular weight excluding hydrogens is 200 g/mol. The Morgan fingerprint density at radius 3 is 2.79 bits per heavy atom. The van der Waals surface area contributed by atoms with Crippen LogP contribution >= 0.6 is 11.6 Å². The summed E-state index contributed by atoms with van der Waals surface area (Å²) in [4.78, 5) is 1.88. The Morgan fingerprint density at radius 2 is 2.21 bits per heavy atom. The van der Waals surface area contributed by atoms with E-state index in [-0.39, 0.29) is 0 Å². The first-order chi connectivity index (χ1) is 6.50. The number of rotatable bonds is 3. The quantitative estimate of drug-likeness (QED) is 0.754. The number of benzene rings is 1. The van der Waals surface area contributed by atoms with Gasteiger partial charge in [-0.3, -0.25) is 0 Å². The summed E-state index contributed by atoms with van der Waals surface area (Å²) in [7, 11) is 1.87. The van der Waals surface area contributed by atoms with E-state index in [1.165, 1.54) is 0 Å². The van der Waals surface area contributed by atoms with Crippen LogP contribution in [0, 0.1) is 0 Å². The summed E-state index contributed by atoms with van der Waals surface area (Å²) >= 11 is 5.85. The topological polar surface area (TPSA) is 49.5 Å². The number of likely N-dealkylation sites (N-methyl/N-ethyl adjacent to an activating group) is 1. The predicted octanol–water partition coefficient (Wildman–Crippen LogP) is 1.74. The minimum atomic E-state index is -0.390. The molecule has 0 aliphatic carbocycles. The fraction of sp³-hybridized carbons (Fsp3) is 0.400. The van der Waals surface area contributed by atoms with Gasteiger partial charge in [-0.2, -0.15) is 0 Å². The summed E-state index contributed by atoms with van der Waals surface area (Å²) in [6.07, 6.45) is -0.390. The normalized spacial score (nSPS) is 12.6. The van der Waals surface area contributed by atoms with Crippen molar-refractivity contribution in [2.24, 2.45) is 0 Å². The van der Waals surface area contributed by atoms with Crippen molar-refractivity contribution in [3.05, 3.63) is 23.2 Å². The van der Waals surface area contributed by atoms with Gasteiger partial charge in [0, 0.05) is 18.6 Å². The van der Waals surface area contributed by atoms with E-state index in [2.05, 4.69) is 0 Å². The van der Waals surface area contributed by atoms with E-state index in [4.69, 9.17) is 17.3 Å². The highest BCUT2D eigenvalue weighted by atomic mass is 35.5. The fourth-order valence-corrected chi connectivity index (χ4v) is 1.51. The van der Waals surface area contributed by atoms with Gasteiger partial charge in [-0.1, -0.05) is 11.6 Å². The van der Waals surface area contributed by atoms with Crippen LogP contribution in [-0.4, -0.2) is 24.8 Å². The van der Waals surface area contributed by atoms with Crippen molar-refractivity contribution in [3.63, 3.8) is 0 Å². The molecule has 0 saturated heterocycles. The van der Waals surface area contributed by atoms with Crippen molar-refractivity contribution in [2.75, 3.05) is 24.2 Å². The van der Waals surface area contributed by atoms with Crippen LogP contribution in [0.15, 0.2) is 18.2 Å². The van der Waals surface area contributed by atoms with E-state index < -0.39 is 6.10 Å². The van der Waals surface area contributed by atoms with Crippen molar-refractivity contribution in [3.8, 4) is 0 Å². The first kappa shape index (κ1) is 11.1. The minimum Gasteiger partial charge on any atom is -0.397 e. The van der Waals surface area contributed by atoms with Gasteiger partial charge >= 0.3 is 0 Å². The molecule has 1 rings (SSSR count). The molecule has 0 aromatic heterocycles. The monoisotopic (exact) mass is 214 g/mol. The molecule has 0 bridgehead atoms. The number of aliphatic hydroxyl groups is 1. The Labute approximate surface area is 89.1 Å². The molecule has 3 N–H and O–H groups in total. The maximum Gasteiger partial charge on any atom is 0.0686 e. The smallest absolute Gasteiger partial charge is 0.0686 e. The van der Waals surface area contributed by atoms with E-state index in [1.54, 1.807) is 25.1 Å². The highest BCUT2D eigenvalue weighted by Crippen LogP contribution is 2.25. The second kappa shape index (κ2) is 4.53. The summed E-state index contributed by atoms with van der Waals surface area (Å²) < 4.78 is 0.